The predicted molar refractivity (Wildman–Crippen MR) is 194 cm³/mol. The van der Waals surface area contributed by atoms with E-state index in [9.17, 15) is 0 Å². The number of rotatable bonds is 6. The zero-order valence-corrected chi connectivity index (χ0v) is 27.2. The molecular weight excluding hydrogens is 562 g/mol. The summed E-state index contributed by atoms with van der Waals surface area (Å²) < 4.78 is 0. The molecule has 5 aromatic rings. The van der Waals surface area contributed by atoms with E-state index in [1.165, 1.54) is 55.9 Å². The summed E-state index contributed by atoms with van der Waals surface area (Å²) in [6, 6.07) is 37.7. The fourth-order valence-corrected chi connectivity index (χ4v) is 6.19. The summed E-state index contributed by atoms with van der Waals surface area (Å²) in [6.07, 6.45) is 8.58. The summed E-state index contributed by atoms with van der Waals surface area (Å²) in [5.41, 5.74) is 14.7. The van der Waals surface area contributed by atoms with Gasteiger partial charge in [0.05, 0.1) is 37.1 Å². The molecule has 1 aromatic heterocycles. The first-order valence-corrected chi connectivity index (χ1v) is 16.0. The molecule has 230 valence electrons. The Kier molecular flexibility index (Phi) is 8.06. The van der Waals surface area contributed by atoms with E-state index in [0.717, 1.165) is 37.8 Å². The molecule has 0 radical (unpaired) electrons. The first-order chi connectivity index (χ1) is 22.4. The van der Waals surface area contributed by atoms with Gasteiger partial charge in [-0.25, -0.2) is 0 Å². The molecule has 0 saturated heterocycles. The standard InChI is InChI=1S/C41H41N5/c1-30-5-13-34(14-6-30)36-24-43(38-17-9-32(3)10-18-38)28-45(26-36)40-21-41(23-42-22-40)46-27-37(35-15-7-31(2)8-16-35)25-44(29-46)39-19-11-33(4)12-20-39/h5-23,26-27H,24-25,28-29H2,1-4H3. The van der Waals surface area contributed by atoms with E-state index >= 15 is 0 Å². The maximum absolute atomic E-state index is 4.79. The van der Waals surface area contributed by atoms with E-state index in [-0.39, 0.29) is 0 Å². The molecular formula is C41H41N5. The van der Waals surface area contributed by atoms with Gasteiger partial charge in [-0.3, -0.25) is 4.98 Å². The minimum atomic E-state index is 0.740. The number of pyridine rings is 1. The lowest BCUT2D eigenvalue weighted by atomic mass is 10.0. The van der Waals surface area contributed by atoms with Crippen molar-refractivity contribution in [2.75, 3.05) is 46.0 Å². The summed E-state index contributed by atoms with van der Waals surface area (Å²) in [7, 11) is 0. The molecule has 4 aromatic carbocycles. The molecule has 0 saturated carbocycles. The Morgan fingerprint density at radius 1 is 0.435 bits per heavy atom. The first-order valence-electron chi connectivity index (χ1n) is 16.0. The second kappa shape index (κ2) is 12.6. The van der Waals surface area contributed by atoms with Crippen molar-refractivity contribution in [2.45, 2.75) is 27.7 Å². The van der Waals surface area contributed by atoms with Crippen molar-refractivity contribution in [3.63, 3.8) is 0 Å². The number of anilines is 4. The predicted octanol–water partition coefficient (Wildman–Crippen LogP) is 8.97. The first kappa shape index (κ1) is 29.4. The molecule has 0 amide bonds. The van der Waals surface area contributed by atoms with Crippen molar-refractivity contribution in [3.05, 3.63) is 161 Å². The van der Waals surface area contributed by atoms with Gasteiger partial charge in [-0.2, -0.15) is 0 Å². The fourth-order valence-electron chi connectivity index (χ4n) is 6.19. The normalized spacial score (nSPS) is 15.1. The SMILES string of the molecule is Cc1ccc(C2=CN(c3cncc(N4C=C(c5ccc(C)cc5)CN(c5ccc(C)cc5)C4)c3)CN(c3ccc(C)cc3)C2)cc1. The van der Waals surface area contributed by atoms with Crippen LogP contribution in [-0.4, -0.2) is 31.4 Å². The molecule has 0 fully saturated rings. The molecule has 0 N–H and O–H groups in total. The minimum absolute atomic E-state index is 0.740. The van der Waals surface area contributed by atoms with Crippen LogP contribution in [0.3, 0.4) is 0 Å². The molecule has 3 heterocycles. The summed E-state index contributed by atoms with van der Waals surface area (Å²) in [4.78, 5) is 14.3. The minimum Gasteiger partial charge on any atom is -0.349 e. The second-order valence-electron chi connectivity index (χ2n) is 12.7. The lowest BCUT2D eigenvalue weighted by Gasteiger charge is -2.39. The smallest absolute Gasteiger partial charge is 0.0949 e. The van der Waals surface area contributed by atoms with Crippen LogP contribution in [0.4, 0.5) is 22.7 Å². The van der Waals surface area contributed by atoms with E-state index in [4.69, 9.17) is 4.98 Å². The molecule has 7 rings (SSSR count). The molecule has 5 nitrogen and oxygen atoms in total. The zero-order chi connectivity index (χ0) is 31.6. The van der Waals surface area contributed by atoms with Crippen LogP contribution in [0.25, 0.3) is 11.1 Å². The van der Waals surface area contributed by atoms with E-state index < -0.39 is 0 Å². The highest BCUT2D eigenvalue weighted by atomic mass is 15.3. The maximum atomic E-state index is 4.79. The summed E-state index contributed by atoms with van der Waals surface area (Å²) >= 11 is 0. The summed E-state index contributed by atoms with van der Waals surface area (Å²) in [6.45, 7) is 11.7. The zero-order valence-electron chi connectivity index (χ0n) is 27.2. The van der Waals surface area contributed by atoms with Crippen molar-refractivity contribution < 1.29 is 0 Å². The number of hydrogen-bond acceptors (Lipinski definition) is 5. The third-order valence-electron chi connectivity index (χ3n) is 9.01. The molecule has 46 heavy (non-hydrogen) atoms. The van der Waals surface area contributed by atoms with Gasteiger partial charge in [0.15, 0.2) is 0 Å². The van der Waals surface area contributed by atoms with Gasteiger partial charge in [-0.1, -0.05) is 95.1 Å². The summed E-state index contributed by atoms with van der Waals surface area (Å²) in [5.74, 6) is 0. The van der Waals surface area contributed by atoms with Crippen molar-refractivity contribution in [3.8, 4) is 0 Å². The number of benzene rings is 4. The van der Waals surface area contributed by atoms with Crippen LogP contribution in [0.15, 0.2) is 128 Å². The van der Waals surface area contributed by atoms with Gasteiger partial charge in [0, 0.05) is 36.9 Å². The molecule has 0 aliphatic carbocycles. The highest BCUT2D eigenvalue weighted by Crippen LogP contribution is 2.33. The second-order valence-corrected chi connectivity index (χ2v) is 12.7. The molecule has 2 aliphatic heterocycles. The van der Waals surface area contributed by atoms with Crippen molar-refractivity contribution >= 4 is 33.9 Å². The van der Waals surface area contributed by atoms with E-state index in [0.29, 0.717) is 0 Å². The molecule has 0 atom stereocenters. The van der Waals surface area contributed by atoms with Gasteiger partial charge in [-0.15, -0.1) is 0 Å². The van der Waals surface area contributed by atoms with Crippen molar-refractivity contribution in [1.29, 1.82) is 0 Å². The van der Waals surface area contributed by atoms with Gasteiger partial charge in [0.1, 0.15) is 0 Å². The Labute approximate surface area is 273 Å². The van der Waals surface area contributed by atoms with Gasteiger partial charge >= 0.3 is 0 Å². The van der Waals surface area contributed by atoms with Crippen LogP contribution < -0.4 is 19.6 Å². The number of hydrogen-bond donors (Lipinski definition) is 0. The highest BCUT2D eigenvalue weighted by Gasteiger charge is 2.24. The van der Waals surface area contributed by atoms with Crippen LogP contribution in [0.5, 0.6) is 0 Å². The Balaban J connectivity index is 1.25. The van der Waals surface area contributed by atoms with E-state index in [1.54, 1.807) is 0 Å². The van der Waals surface area contributed by atoms with Crippen LogP contribution in [0.1, 0.15) is 33.4 Å². The number of nitrogens with zero attached hydrogens (tertiary/aromatic N) is 5. The lowest BCUT2D eigenvalue weighted by molar-refractivity contribution is 0.809. The Morgan fingerprint density at radius 2 is 0.783 bits per heavy atom. The molecule has 2 aliphatic rings. The molecule has 0 spiro atoms. The van der Waals surface area contributed by atoms with Crippen LogP contribution >= 0.6 is 0 Å². The largest absolute Gasteiger partial charge is 0.349 e. The summed E-state index contributed by atoms with van der Waals surface area (Å²) in [5, 5.41) is 0. The molecule has 0 bridgehead atoms. The van der Waals surface area contributed by atoms with Crippen LogP contribution in [0.2, 0.25) is 0 Å². The van der Waals surface area contributed by atoms with E-state index in [1.807, 2.05) is 12.4 Å². The lowest BCUT2D eigenvalue weighted by Crippen LogP contribution is -2.41. The monoisotopic (exact) mass is 603 g/mol. The maximum Gasteiger partial charge on any atom is 0.0949 e. The Hall–Kier alpha value is -5.29. The Morgan fingerprint density at radius 3 is 1.15 bits per heavy atom. The topological polar surface area (TPSA) is 25.9 Å². The molecule has 5 heteroatoms. The number of aromatic nitrogens is 1. The van der Waals surface area contributed by atoms with E-state index in [2.05, 4.69) is 163 Å². The van der Waals surface area contributed by atoms with Crippen LogP contribution in [0, 0.1) is 27.7 Å². The fraction of sp³-hybridized carbons (Fsp3) is 0.195. The quantitative estimate of drug-likeness (QED) is 0.193. The van der Waals surface area contributed by atoms with Gasteiger partial charge < -0.3 is 19.6 Å². The third kappa shape index (κ3) is 6.40. The van der Waals surface area contributed by atoms with Gasteiger partial charge in [0.2, 0.25) is 0 Å². The van der Waals surface area contributed by atoms with Crippen molar-refractivity contribution in [1.82, 2.24) is 4.98 Å². The highest BCUT2D eigenvalue weighted by molar-refractivity contribution is 5.78. The van der Waals surface area contributed by atoms with Crippen molar-refractivity contribution in [2.24, 2.45) is 0 Å². The Bertz CT molecular complexity index is 1730. The van der Waals surface area contributed by atoms with Crippen LogP contribution in [-0.2, 0) is 0 Å². The number of aryl methyl sites for hydroxylation is 4. The van der Waals surface area contributed by atoms with Gasteiger partial charge in [-0.05, 0) is 80.3 Å². The third-order valence-corrected chi connectivity index (χ3v) is 9.01. The van der Waals surface area contributed by atoms with Gasteiger partial charge in [0.25, 0.3) is 0 Å². The average molecular weight is 604 g/mol. The molecule has 0 unspecified atom stereocenters. The average Bonchev–Trinajstić information content (AvgIpc) is 3.09.